The van der Waals surface area contributed by atoms with Gasteiger partial charge in [-0.2, -0.15) is 0 Å². The number of benzene rings is 3. The van der Waals surface area contributed by atoms with Crippen molar-refractivity contribution in [3.63, 3.8) is 0 Å². The zero-order valence-electron chi connectivity index (χ0n) is 20.3. The van der Waals surface area contributed by atoms with Gasteiger partial charge in [-0.05, 0) is 61.9 Å². The van der Waals surface area contributed by atoms with Crippen LogP contribution in [0.5, 0.6) is 0 Å². The van der Waals surface area contributed by atoms with E-state index in [1.54, 1.807) is 22.7 Å². The van der Waals surface area contributed by atoms with Crippen molar-refractivity contribution in [3.8, 4) is 22.0 Å². The number of aryl methyl sites for hydroxylation is 1. The van der Waals surface area contributed by atoms with Crippen LogP contribution in [0, 0.1) is 6.92 Å². The second kappa shape index (κ2) is 10.1. The van der Waals surface area contributed by atoms with E-state index in [0.717, 1.165) is 44.9 Å². The second-order valence-corrected chi connectivity index (χ2v) is 11.5. The van der Waals surface area contributed by atoms with Crippen LogP contribution in [-0.2, 0) is 11.3 Å². The predicted molar refractivity (Wildman–Crippen MR) is 156 cm³/mol. The van der Waals surface area contributed by atoms with Gasteiger partial charge in [0, 0.05) is 38.8 Å². The van der Waals surface area contributed by atoms with Crippen LogP contribution in [0.2, 0.25) is 0 Å². The number of hydrogen-bond acceptors (Lipinski definition) is 7. The molecule has 0 atom stereocenters. The van der Waals surface area contributed by atoms with Gasteiger partial charge in [0.25, 0.3) is 0 Å². The van der Waals surface area contributed by atoms with Gasteiger partial charge in [-0.25, -0.2) is 4.98 Å². The second-order valence-electron chi connectivity index (χ2n) is 8.60. The molecule has 0 aliphatic heterocycles. The van der Waals surface area contributed by atoms with E-state index in [0.29, 0.717) is 0 Å². The van der Waals surface area contributed by atoms with Crippen LogP contribution in [0.25, 0.3) is 42.3 Å². The van der Waals surface area contributed by atoms with Gasteiger partial charge in [0.1, 0.15) is 5.01 Å². The molecule has 0 aliphatic rings. The normalized spacial score (nSPS) is 11.4. The van der Waals surface area contributed by atoms with E-state index >= 15 is 0 Å². The largest absolute Gasteiger partial charge is 0.325 e. The number of thiazole rings is 1. The van der Waals surface area contributed by atoms with Crippen LogP contribution in [0.1, 0.15) is 12.5 Å². The summed E-state index contributed by atoms with van der Waals surface area (Å²) in [5.74, 6) is 1.01. The van der Waals surface area contributed by atoms with Gasteiger partial charge in [-0.3, -0.25) is 4.79 Å². The summed E-state index contributed by atoms with van der Waals surface area (Å²) in [5, 5.41) is 16.9. The van der Waals surface area contributed by atoms with Crippen molar-refractivity contribution in [1.29, 1.82) is 0 Å². The van der Waals surface area contributed by atoms with Crippen molar-refractivity contribution < 1.29 is 4.79 Å². The average Bonchev–Trinajstić information content (AvgIpc) is 3.63. The molecule has 0 spiro atoms. The number of thioether (sulfide) groups is 1. The maximum Gasteiger partial charge on any atom is 0.234 e. The minimum atomic E-state index is -0.0820. The third-order valence-electron chi connectivity index (χ3n) is 6.05. The van der Waals surface area contributed by atoms with Crippen molar-refractivity contribution >= 4 is 66.3 Å². The maximum atomic E-state index is 12.7. The van der Waals surface area contributed by atoms with E-state index in [2.05, 4.69) is 69.6 Å². The van der Waals surface area contributed by atoms with E-state index in [4.69, 9.17) is 4.98 Å². The quantitative estimate of drug-likeness (QED) is 0.212. The molecule has 1 amide bonds. The van der Waals surface area contributed by atoms with Crippen LogP contribution in [0.3, 0.4) is 0 Å². The van der Waals surface area contributed by atoms with E-state index in [1.807, 2.05) is 36.4 Å². The lowest BCUT2D eigenvalue weighted by atomic mass is 10.1. The Morgan fingerprint density at radius 2 is 1.86 bits per heavy atom. The molecule has 9 heteroatoms. The number of carbonyl (C=O) groups is 1. The van der Waals surface area contributed by atoms with E-state index in [9.17, 15) is 4.79 Å². The van der Waals surface area contributed by atoms with Crippen molar-refractivity contribution in [3.05, 3.63) is 77.7 Å². The summed E-state index contributed by atoms with van der Waals surface area (Å²) in [6, 6.07) is 22.4. The first-order valence-corrected chi connectivity index (χ1v) is 14.6. The summed E-state index contributed by atoms with van der Waals surface area (Å²) in [6.45, 7) is 4.88. The Kier molecular flexibility index (Phi) is 6.50. The molecular weight excluding hydrogens is 519 g/mol. The molecule has 0 radical (unpaired) electrons. The van der Waals surface area contributed by atoms with Gasteiger partial charge < -0.3 is 9.88 Å². The fourth-order valence-corrected chi connectivity index (χ4v) is 7.02. The van der Waals surface area contributed by atoms with E-state index in [-0.39, 0.29) is 11.7 Å². The average molecular weight is 542 g/mol. The number of amides is 1. The first kappa shape index (κ1) is 23.8. The molecule has 6 nitrogen and oxygen atoms in total. The molecule has 0 saturated carbocycles. The summed E-state index contributed by atoms with van der Waals surface area (Å²) in [4.78, 5) is 17.4. The fraction of sp³-hybridized carbons (Fsp3) is 0.143. The SMILES string of the molecule is CCn1c(SCC(=O)Nc2ccc(-c3nc4ccc(C)cc4s3)cc2)nnc1-c1csc2ccccc12. The molecule has 0 aliphatic carbocycles. The van der Waals surface area contributed by atoms with Crippen LogP contribution < -0.4 is 5.32 Å². The van der Waals surface area contributed by atoms with Crippen LogP contribution in [0.15, 0.2) is 77.3 Å². The molecular formula is C28H23N5OS3. The molecule has 0 saturated heterocycles. The van der Waals surface area contributed by atoms with Crippen molar-refractivity contribution in [1.82, 2.24) is 19.7 Å². The number of hydrogen-bond donors (Lipinski definition) is 1. The highest BCUT2D eigenvalue weighted by Crippen LogP contribution is 2.35. The number of fused-ring (bicyclic) bond motifs is 2. The minimum absolute atomic E-state index is 0.0820. The van der Waals surface area contributed by atoms with Crippen LogP contribution in [-0.4, -0.2) is 31.4 Å². The van der Waals surface area contributed by atoms with Crippen LogP contribution >= 0.6 is 34.4 Å². The Bertz CT molecular complexity index is 1730. The maximum absolute atomic E-state index is 12.7. The predicted octanol–water partition coefficient (Wildman–Crippen LogP) is 7.50. The molecule has 1 N–H and O–H groups in total. The molecule has 37 heavy (non-hydrogen) atoms. The molecule has 3 heterocycles. The first-order chi connectivity index (χ1) is 18.1. The Morgan fingerprint density at radius 3 is 2.70 bits per heavy atom. The van der Waals surface area contributed by atoms with Gasteiger partial charge in [0.15, 0.2) is 11.0 Å². The lowest BCUT2D eigenvalue weighted by Crippen LogP contribution is -2.14. The molecule has 0 fully saturated rings. The van der Waals surface area contributed by atoms with Crippen molar-refractivity contribution in [2.24, 2.45) is 0 Å². The highest BCUT2D eigenvalue weighted by molar-refractivity contribution is 7.99. The molecule has 184 valence electrons. The van der Waals surface area contributed by atoms with E-state index < -0.39 is 0 Å². The molecule has 6 rings (SSSR count). The number of rotatable bonds is 7. The van der Waals surface area contributed by atoms with Crippen molar-refractivity contribution in [2.75, 3.05) is 11.1 Å². The number of carbonyl (C=O) groups excluding carboxylic acids is 1. The van der Waals surface area contributed by atoms with Gasteiger partial charge in [0.2, 0.25) is 5.91 Å². The third kappa shape index (κ3) is 4.77. The van der Waals surface area contributed by atoms with Gasteiger partial charge >= 0.3 is 0 Å². The third-order valence-corrected chi connectivity index (χ3v) is 9.04. The smallest absolute Gasteiger partial charge is 0.234 e. The Balaban J connectivity index is 1.12. The summed E-state index contributed by atoms with van der Waals surface area (Å²) < 4.78 is 4.47. The van der Waals surface area contributed by atoms with Gasteiger partial charge in [0.05, 0.1) is 16.0 Å². The Hall–Kier alpha value is -3.53. The number of aromatic nitrogens is 4. The lowest BCUT2D eigenvalue weighted by molar-refractivity contribution is -0.113. The molecule has 3 aromatic heterocycles. The Labute approximate surface area is 226 Å². The minimum Gasteiger partial charge on any atom is -0.325 e. The van der Waals surface area contributed by atoms with Crippen LogP contribution in [0.4, 0.5) is 5.69 Å². The number of nitrogens with zero attached hydrogens (tertiary/aromatic N) is 4. The van der Waals surface area contributed by atoms with E-state index in [1.165, 1.54) is 32.1 Å². The van der Waals surface area contributed by atoms with Gasteiger partial charge in [-0.1, -0.05) is 36.0 Å². The molecule has 3 aromatic carbocycles. The standard InChI is InChI=1S/C28H23N5OS3/c1-3-33-26(21-15-35-23-7-5-4-6-20(21)23)31-32-28(33)36-16-25(34)29-19-11-9-18(10-12-19)27-30-22-13-8-17(2)14-24(22)37-27/h4-15H,3,16H2,1-2H3,(H,29,34). The summed E-state index contributed by atoms with van der Waals surface area (Å²) in [6.07, 6.45) is 0. The summed E-state index contributed by atoms with van der Waals surface area (Å²) >= 11 is 4.78. The molecule has 0 bridgehead atoms. The number of nitrogens with one attached hydrogen (secondary N) is 1. The summed E-state index contributed by atoms with van der Waals surface area (Å²) in [5.41, 5.74) is 5.11. The highest BCUT2D eigenvalue weighted by atomic mass is 32.2. The molecule has 0 unspecified atom stereocenters. The Morgan fingerprint density at radius 1 is 1.03 bits per heavy atom. The first-order valence-electron chi connectivity index (χ1n) is 11.9. The zero-order chi connectivity index (χ0) is 25.4. The highest BCUT2D eigenvalue weighted by Gasteiger charge is 2.17. The lowest BCUT2D eigenvalue weighted by Gasteiger charge is -2.08. The monoisotopic (exact) mass is 541 g/mol. The number of anilines is 1. The zero-order valence-corrected chi connectivity index (χ0v) is 22.7. The van der Waals surface area contributed by atoms with Crippen molar-refractivity contribution in [2.45, 2.75) is 25.5 Å². The number of thiophene rings is 1. The van der Waals surface area contributed by atoms with Gasteiger partial charge in [-0.15, -0.1) is 32.9 Å². The topological polar surface area (TPSA) is 72.7 Å². The molecule has 6 aromatic rings. The summed E-state index contributed by atoms with van der Waals surface area (Å²) in [7, 11) is 0. The fourth-order valence-electron chi connectivity index (χ4n) is 4.21.